The number of hydrogen-bond acceptors (Lipinski definition) is 8. The third-order valence-electron chi connectivity index (χ3n) is 5.37. The van der Waals surface area contributed by atoms with Crippen molar-refractivity contribution in [3.05, 3.63) is 46.5 Å². The summed E-state index contributed by atoms with van der Waals surface area (Å²) in [6.07, 6.45) is 0.373. The Morgan fingerprint density at radius 2 is 1.61 bits per heavy atom. The molecule has 2 aromatic carbocycles. The van der Waals surface area contributed by atoms with Crippen molar-refractivity contribution in [2.24, 2.45) is 0 Å². The molecule has 33 heavy (non-hydrogen) atoms. The summed E-state index contributed by atoms with van der Waals surface area (Å²) in [6, 6.07) is 5.65. The topological polar surface area (TPSA) is 137 Å². The first kappa shape index (κ1) is 26.0. The minimum atomic E-state index is -0.546. The molecule has 0 fully saturated rings. The lowest BCUT2D eigenvalue weighted by Crippen LogP contribution is -2.36. The van der Waals surface area contributed by atoms with Crippen LogP contribution in [0.4, 0.5) is 0 Å². The maximum absolute atomic E-state index is 13.4. The molecule has 4 N–H and O–H groups in total. The first-order valence-corrected chi connectivity index (χ1v) is 10.7. The lowest BCUT2D eigenvalue weighted by Gasteiger charge is -2.23. The van der Waals surface area contributed by atoms with E-state index in [1.165, 1.54) is 31.3 Å². The molecular weight excluding hydrogens is 430 g/mol. The minimum absolute atomic E-state index is 0.0596. The molecule has 0 aliphatic rings. The summed E-state index contributed by atoms with van der Waals surface area (Å²) in [5, 5.41) is 39.4. The van der Waals surface area contributed by atoms with Gasteiger partial charge in [0.2, 0.25) is 5.91 Å². The van der Waals surface area contributed by atoms with E-state index in [1.54, 1.807) is 13.0 Å². The number of phenolic OH excluding ortho intramolecular Hbond substituents is 2. The molecule has 2 rings (SSSR count). The number of carbonyl (C=O) groups is 2. The Hall–Kier alpha value is -3.30. The second-order valence-corrected chi connectivity index (χ2v) is 7.36. The molecule has 0 aliphatic heterocycles. The summed E-state index contributed by atoms with van der Waals surface area (Å²) in [5.41, 5.74) is 0.705. The van der Waals surface area contributed by atoms with E-state index in [0.717, 1.165) is 6.07 Å². The number of aliphatic hydroxyl groups excluding tert-OH is 2. The van der Waals surface area contributed by atoms with Gasteiger partial charge in [0.25, 0.3) is 0 Å². The second kappa shape index (κ2) is 12.1. The average Bonchev–Trinajstić information content (AvgIpc) is 2.80. The zero-order valence-electron chi connectivity index (χ0n) is 19.1. The van der Waals surface area contributed by atoms with E-state index < -0.39 is 17.4 Å². The van der Waals surface area contributed by atoms with Gasteiger partial charge in [-0.15, -0.1) is 0 Å². The molecule has 9 heteroatoms. The molecule has 1 amide bonds. The van der Waals surface area contributed by atoms with Gasteiger partial charge in [0.15, 0.2) is 17.3 Å². The van der Waals surface area contributed by atoms with Crippen molar-refractivity contribution in [3.63, 3.8) is 0 Å². The first-order chi connectivity index (χ1) is 15.8. The third kappa shape index (κ3) is 5.94. The molecule has 0 bridgehead atoms. The largest absolute Gasteiger partial charge is 0.508 e. The summed E-state index contributed by atoms with van der Waals surface area (Å²) in [5.74, 6) is -0.860. The van der Waals surface area contributed by atoms with Gasteiger partial charge in [-0.2, -0.15) is 0 Å². The number of benzene rings is 2. The van der Waals surface area contributed by atoms with E-state index in [9.17, 15) is 24.9 Å². The lowest BCUT2D eigenvalue weighted by atomic mass is 9.89. The highest BCUT2D eigenvalue weighted by Crippen LogP contribution is 2.36. The zero-order valence-corrected chi connectivity index (χ0v) is 19.1. The predicted molar refractivity (Wildman–Crippen MR) is 121 cm³/mol. The number of carbonyl (C=O) groups excluding carboxylic acids is 2. The van der Waals surface area contributed by atoms with Crippen molar-refractivity contribution in [2.45, 2.75) is 26.2 Å². The van der Waals surface area contributed by atoms with E-state index in [2.05, 4.69) is 0 Å². The van der Waals surface area contributed by atoms with Crippen molar-refractivity contribution in [3.8, 4) is 23.0 Å². The van der Waals surface area contributed by atoms with Crippen molar-refractivity contribution in [1.82, 2.24) is 4.90 Å². The number of ether oxygens (including phenoxy) is 2. The van der Waals surface area contributed by atoms with Crippen LogP contribution in [0.3, 0.4) is 0 Å². The van der Waals surface area contributed by atoms with E-state index in [-0.39, 0.29) is 55.2 Å². The number of ketones is 1. The number of nitrogens with zero attached hydrogens (tertiary/aromatic N) is 1. The third-order valence-corrected chi connectivity index (χ3v) is 5.37. The second-order valence-electron chi connectivity index (χ2n) is 7.36. The van der Waals surface area contributed by atoms with Crippen LogP contribution in [0.1, 0.15) is 40.4 Å². The smallest absolute Gasteiger partial charge is 0.227 e. The molecule has 0 spiro atoms. The van der Waals surface area contributed by atoms with Gasteiger partial charge in [0.05, 0.1) is 32.8 Å². The van der Waals surface area contributed by atoms with E-state index in [4.69, 9.17) is 14.6 Å². The van der Waals surface area contributed by atoms with Crippen LogP contribution in [-0.2, 0) is 17.6 Å². The highest BCUT2D eigenvalue weighted by Gasteiger charge is 2.27. The maximum atomic E-state index is 13.4. The van der Waals surface area contributed by atoms with Crippen molar-refractivity contribution in [1.29, 1.82) is 0 Å². The molecular formula is C24H31NO8. The van der Waals surface area contributed by atoms with Crippen LogP contribution < -0.4 is 9.47 Å². The molecule has 0 saturated heterocycles. The van der Waals surface area contributed by atoms with Gasteiger partial charge in [-0.1, -0.05) is 6.92 Å². The van der Waals surface area contributed by atoms with Crippen LogP contribution in [0.25, 0.3) is 0 Å². The zero-order chi connectivity index (χ0) is 24.5. The Labute approximate surface area is 192 Å². The van der Waals surface area contributed by atoms with Crippen LogP contribution in [0.2, 0.25) is 0 Å². The van der Waals surface area contributed by atoms with E-state index in [0.29, 0.717) is 29.9 Å². The van der Waals surface area contributed by atoms with Gasteiger partial charge >= 0.3 is 0 Å². The fourth-order valence-corrected chi connectivity index (χ4v) is 3.72. The fourth-order valence-electron chi connectivity index (χ4n) is 3.72. The molecule has 180 valence electrons. The van der Waals surface area contributed by atoms with Gasteiger partial charge in [-0.05, 0) is 42.2 Å². The number of aromatic hydroxyl groups is 2. The summed E-state index contributed by atoms with van der Waals surface area (Å²) in [6.45, 7) is 1.67. The Morgan fingerprint density at radius 1 is 0.909 bits per heavy atom. The number of hydrogen-bond donors (Lipinski definition) is 4. The molecule has 0 atom stereocenters. The summed E-state index contributed by atoms with van der Waals surface area (Å²) in [4.78, 5) is 27.8. The Kier molecular flexibility index (Phi) is 9.50. The minimum Gasteiger partial charge on any atom is -0.508 e. The molecule has 2 aromatic rings. The maximum Gasteiger partial charge on any atom is 0.227 e. The number of aliphatic hydroxyl groups is 2. The Balaban J connectivity index is 2.57. The van der Waals surface area contributed by atoms with Crippen molar-refractivity contribution >= 4 is 11.7 Å². The molecule has 0 aliphatic carbocycles. The highest BCUT2D eigenvalue weighted by molar-refractivity contribution is 6.12. The van der Waals surface area contributed by atoms with Crippen LogP contribution in [0.5, 0.6) is 23.0 Å². The lowest BCUT2D eigenvalue weighted by molar-refractivity contribution is -0.131. The van der Waals surface area contributed by atoms with Crippen LogP contribution in [0.15, 0.2) is 24.3 Å². The van der Waals surface area contributed by atoms with Gasteiger partial charge < -0.3 is 34.8 Å². The first-order valence-electron chi connectivity index (χ1n) is 10.7. The summed E-state index contributed by atoms with van der Waals surface area (Å²) < 4.78 is 10.5. The molecule has 0 aromatic heterocycles. The number of amides is 1. The molecule has 0 radical (unpaired) electrons. The van der Waals surface area contributed by atoms with Crippen molar-refractivity contribution in [2.75, 3.05) is 40.5 Å². The SMILES string of the molecule is CCc1c(O)cc(O)c(C(=O)c2ccc(OC)c(OC)c2)c1CC(=O)N(CCO)CCCO. The van der Waals surface area contributed by atoms with Crippen molar-refractivity contribution < 1.29 is 39.5 Å². The summed E-state index contributed by atoms with van der Waals surface area (Å²) >= 11 is 0. The van der Waals surface area contributed by atoms with Gasteiger partial charge in [0.1, 0.15) is 11.5 Å². The van der Waals surface area contributed by atoms with E-state index >= 15 is 0 Å². The van der Waals surface area contributed by atoms with E-state index in [1.807, 2.05) is 0 Å². The predicted octanol–water partition coefficient (Wildman–Crippen LogP) is 1.65. The average molecular weight is 462 g/mol. The molecule has 0 heterocycles. The molecule has 0 unspecified atom stereocenters. The fraction of sp³-hybridized carbons (Fsp3) is 0.417. The Bertz CT molecular complexity index is 989. The molecule has 0 saturated carbocycles. The number of phenols is 2. The number of methoxy groups -OCH3 is 2. The molecule has 9 nitrogen and oxygen atoms in total. The van der Waals surface area contributed by atoms with Crippen LogP contribution in [-0.4, -0.2) is 77.5 Å². The monoisotopic (exact) mass is 461 g/mol. The van der Waals surface area contributed by atoms with Crippen LogP contribution in [0, 0.1) is 0 Å². The normalized spacial score (nSPS) is 10.7. The van der Waals surface area contributed by atoms with Gasteiger partial charge in [-0.25, -0.2) is 0 Å². The van der Waals surface area contributed by atoms with Gasteiger partial charge in [0, 0.05) is 31.3 Å². The standard InChI is InChI=1S/C24H31NO8/c1-4-16-17(13-22(30)25(9-11-27)8-5-10-26)23(19(29)14-18(16)28)24(31)15-6-7-20(32-2)21(12-15)33-3/h6-7,12,14,26-29H,4-5,8-11,13H2,1-3H3. The highest BCUT2D eigenvalue weighted by atomic mass is 16.5. The quantitative estimate of drug-likeness (QED) is 0.350. The Morgan fingerprint density at radius 3 is 2.18 bits per heavy atom. The van der Waals surface area contributed by atoms with Crippen LogP contribution >= 0.6 is 0 Å². The number of rotatable bonds is 12. The summed E-state index contributed by atoms with van der Waals surface area (Å²) in [7, 11) is 2.91. The van der Waals surface area contributed by atoms with Gasteiger partial charge in [-0.3, -0.25) is 9.59 Å².